The van der Waals surface area contributed by atoms with E-state index >= 15 is 0 Å². The van der Waals surface area contributed by atoms with Crippen LogP contribution in [0.1, 0.15) is 35.9 Å². The van der Waals surface area contributed by atoms with Crippen molar-refractivity contribution >= 4 is 17.0 Å². The number of rotatable bonds is 8. The average Bonchev–Trinajstić information content (AvgIpc) is 3.32. The number of benzene rings is 1. The van der Waals surface area contributed by atoms with Gasteiger partial charge in [0.15, 0.2) is 11.6 Å². The van der Waals surface area contributed by atoms with Gasteiger partial charge in [0.2, 0.25) is 0 Å². The highest BCUT2D eigenvalue weighted by Crippen LogP contribution is 2.42. The second kappa shape index (κ2) is 9.96. The number of hydrogen-bond donors (Lipinski definition) is 0. The number of nitrogens with zero attached hydrogens (tertiary/aromatic N) is 6. The van der Waals surface area contributed by atoms with Crippen LogP contribution in [0.2, 0.25) is 0 Å². The highest BCUT2D eigenvalue weighted by Gasteiger charge is 2.51. The second-order valence-electron chi connectivity index (χ2n) is 10.2. The summed E-state index contributed by atoms with van der Waals surface area (Å²) in [6.45, 7) is 6.59. The summed E-state index contributed by atoms with van der Waals surface area (Å²) in [7, 11) is 0. The zero-order valence-electron chi connectivity index (χ0n) is 21.2. The minimum absolute atomic E-state index is 0.216. The number of pyridine rings is 2. The van der Waals surface area contributed by atoms with Crippen molar-refractivity contribution in [2.24, 2.45) is 10.6 Å². The first kappa shape index (κ1) is 25.3. The number of anilines is 1. The van der Waals surface area contributed by atoms with E-state index in [1.807, 2.05) is 18.2 Å². The topological polar surface area (TPSA) is 58.3 Å². The molecule has 1 aromatic carbocycles. The standard InChI is InChI=1S/C28H26F4N6O/c1-2-39-35-26(19-4-5-21(29)22(30)9-19)23-6-3-18(11-33-23)12-36-14-28(15-36)16-38(17-28)20-7-8-37-13-24(27(31)32)34-25(37)10-20/h3-11,13,27H,2,12,14-17H2,1H3. The summed E-state index contributed by atoms with van der Waals surface area (Å²) in [4.78, 5) is 18.3. The van der Waals surface area contributed by atoms with Gasteiger partial charge in [0.1, 0.15) is 23.7 Å². The summed E-state index contributed by atoms with van der Waals surface area (Å²) < 4.78 is 54.7. The predicted octanol–water partition coefficient (Wildman–Crippen LogP) is 5.06. The van der Waals surface area contributed by atoms with Crippen molar-refractivity contribution in [2.75, 3.05) is 37.7 Å². The Labute approximate surface area is 222 Å². The number of halogens is 4. The first-order chi connectivity index (χ1) is 18.8. The Morgan fingerprint density at radius 2 is 1.87 bits per heavy atom. The molecule has 0 N–H and O–H groups in total. The summed E-state index contributed by atoms with van der Waals surface area (Å²) in [5, 5.41) is 4.08. The van der Waals surface area contributed by atoms with E-state index in [-0.39, 0.29) is 11.1 Å². The van der Waals surface area contributed by atoms with Gasteiger partial charge in [0, 0.05) is 74.0 Å². The number of alkyl halides is 2. The quantitative estimate of drug-likeness (QED) is 0.178. The lowest BCUT2D eigenvalue weighted by Gasteiger charge is -2.61. The van der Waals surface area contributed by atoms with Gasteiger partial charge in [-0.15, -0.1) is 0 Å². The maximum absolute atomic E-state index is 13.8. The number of fused-ring (bicyclic) bond motifs is 1. The molecule has 0 aliphatic carbocycles. The van der Waals surface area contributed by atoms with Crippen LogP contribution in [-0.4, -0.2) is 57.8 Å². The third kappa shape index (κ3) is 4.94. The van der Waals surface area contributed by atoms with E-state index < -0.39 is 18.1 Å². The Kier molecular flexibility index (Phi) is 6.46. The number of oxime groups is 1. The molecule has 5 heterocycles. The third-order valence-electron chi connectivity index (χ3n) is 7.17. The molecule has 3 aromatic heterocycles. The number of aromatic nitrogens is 3. The van der Waals surface area contributed by atoms with Gasteiger partial charge in [-0.25, -0.2) is 22.5 Å². The second-order valence-corrected chi connectivity index (χ2v) is 10.2. The van der Waals surface area contributed by atoms with Crippen LogP contribution in [0, 0.1) is 17.0 Å². The first-order valence-corrected chi connectivity index (χ1v) is 12.7. The molecule has 0 atom stereocenters. The van der Waals surface area contributed by atoms with Crippen molar-refractivity contribution in [1.29, 1.82) is 0 Å². The van der Waals surface area contributed by atoms with Crippen molar-refractivity contribution in [1.82, 2.24) is 19.3 Å². The Morgan fingerprint density at radius 3 is 2.56 bits per heavy atom. The van der Waals surface area contributed by atoms with E-state index in [0.717, 1.165) is 56.1 Å². The fraction of sp³-hybridized carbons (Fsp3) is 0.321. The highest BCUT2D eigenvalue weighted by atomic mass is 19.3. The maximum atomic E-state index is 13.8. The van der Waals surface area contributed by atoms with Crippen molar-refractivity contribution in [3.8, 4) is 0 Å². The number of likely N-dealkylation sites (tertiary alicyclic amines) is 1. The molecule has 0 radical (unpaired) electrons. The van der Waals surface area contributed by atoms with Crippen molar-refractivity contribution in [2.45, 2.75) is 19.9 Å². The fourth-order valence-corrected chi connectivity index (χ4v) is 5.39. The van der Waals surface area contributed by atoms with Gasteiger partial charge in [-0.05, 0) is 42.8 Å². The summed E-state index contributed by atoms with van der Waals surface area (Å²) in [6, 6.07) is 11.1. The molecule has 0 amide bonds. The normalized spacial score (nSPS) is 17.1. The molecule has 202 valence electrons. The molecule has 0 unspecified atom stereocenters. The molecule has 6 rings (SSSR count). The zero-order chi connectivity index (χ0) is 27.1. The van der Waals surface area contributed by atoms with E-state index in [4.69, 9.17) is 4.84 Å². The summed E-state index contributed by atoms with van der Waals surface area (Å²) >= 11 is 0. The smallest absolute Gasteiger partial charge is 0.281 e. The summed E-state index contributed by atoms with van der Waals surface area (Å²) in [6.07, 6.45) is 2.32. The van der Waals surface area contributed by atoms with Crippen LogP contribution in [0.15, 0.2) is 66.2 Å². The van der Waals surface area contributed by atoms with Crippen LogP contribution >= 0.6 is 0 Å². The van der Waals surface area contributed by atoms with Gasteiger partial charge >= 0.3 is 0 Å². The van der Waals surface area contributed by atoms with Crippen molar-refractivity contribution < 1.29 is 22.4 Å². The fourth-order valence-electron chi connectivity index (χ4n) is 5.39. The number of hydrogen-bond acceptors (Lipinski definition) is 6. The molecular weight excluding hydrogens is 512 g/mol. The highest BCUT2D eigenvalue weighted by molar-refractivity contribution is 6.11. The van der Waals surface area contributed by atoms with E-state index in [1.54, 1.807) is 29.8 Å². The van der Waals surface area contributed by atoms with Crippen molar-refractivity contribution in [3.05, 3.63) is 95.2 Å². The Morgan fingerprint density at radius 1 is 1.05 bits per heavy atom. The van der Waals surface area contributed by atoms with Crippen LogP contribution in [-0.2, 0) is 11.4 Å². The van der Waals surface area contributed by atoms with Gasteiger partial charge in [-0.2, -0.15) is 0 Å². The Bertz CT molecular complexity index is 1520. The van der Waals surface area contributed by atoms with Crippen LogP contribution in [0.3, 0.4) is 0 Å². The predicted molar refractivity (Wildman–Crippen MR) is 138 cm³/mol. The van der Waals surface area contributed by atoms with Gasteiger partial charge in [0.25, 0.3) is 6.43 Å². The molecular formula is C28H26F4N6O. The lowest BCUT2D eigenvalue weighted by molar-refractivity contribution is -0.0273. The minimum Gasteiger partial charge on any atom is -0.396 e. The Hall–Kier alpha value is -3.99. The van der Waals surface area contributed by atoms with Crippen LogP contribution in [0.5, 0.6) is 0 Å². The molecule has 2 fully saturated rings. The lowest BCUT2D eigenvalue weighted by atomic mass is 9.72. The molecule has 2 aliphatic heterocycles. The molecule has 39 heavy (non-hydrogen) atoms. The molecule has 0 bridgehead atoms. The molecule has 4 aromatic rings. The first-order valence-electron chi connectivity index (χ1n) is 12.7. The van der Waals surface area contributed by atoms with E-state index in [0.29, 0.717) is 29.2 Å². The van der Waals surface area contributed by atoms with Crippen LogP contribution < -0.4 is 4.90 Å². The summed E-state index contributed by atoms with van der Waals surface area (Å²) in [5.74, 6) is -1.89. The molecule has 2 aliphatic rings. The van der Waals surface area contributed by atoms with Gasteiger partial charge < -0.3 is 14.1 Å². The molecule has 11 heteroatoms. The summed E-state index contributed by atoms with van der Waals surface area (Å²) in [5.41, 5.74) is 3.77. The molecule has 1 spiro atoms. The monoisotopic (exact) mass is 538 g/mol. The van der Waals surface area contributed by atoms with Gasteiger partial charge in [-0.1, -0.05) is 11.2 Å². The van der Waals surface area contributed by atoms with E-state index in [2.05, 4.69) is 24.9 Å². The van der Waals surface area contributed by atoms with Crippen LogP contribution in [0.25, 0.3) is 5.65 Å². The lowest BCUT2D eigenvalue weighted by Crippen LogP contribution is -2.71. The van der Waals surface area contributed by atoms with E-state index in [9.17, 15) is 17.6 Å². The SMILES string of the molecule is CCON=C(c1ccc(F)c(F)c1)c1ccc(CN2CC3(C2)CN(c2ccn4cc(C(F)F)nc4c2)C3)cn1. The average molecular weight is 539 g/mol. The van der Waals surface area contributed by atoms with Gasteiger partial charge in [0.05, 0.1) is 5.69 Å². The largest absolute Gasteiger partial charge is 0.396 e. The van der Waals surface area contributed by atoms with Crippen molar-refractivity contribution in [3.63, 3.8) is 0 Å². The zero-order valence-corrected chi connectivity index (χ0v) is 21.2. The molecule has 7 nitrogen and oxygen atoms in total. The van der Waals surface area contributed by atoms with Gasteiger partial charge in [-0.3, -0.25) is 9.88 Å². The molecule has 2 saturated heterocycles. The molecule has 0 saturated carbocycles. The van der Waals surface area contributed by atoms with Crippen LogP contribution in [0.4, 0.5) is 23.2 Å². The Balaban J connectivity index is 1.06. The van der Waals surface area contributed by atoms with E-state index in [1.165, 1.54) is 12.3 Å². The minimum atomic E-state index is -2.59. The maximum Gasteiger partial charge on any atom is 0.281 e. The third-order valence-corrected chi connectivity index (χ3v) is 7.17. The number of imidazole rings is 1.